The molecular weight excluding hydrogens is 424 g/mol. The summed E-state index contributed by atoms with van der Waals surface area (Å²) in [6.45, 7) is 2.62. The van der Waals surface area contributed by atoms with E-state index in [1.807, 2.05) is 55.6 Å². The molecule has 7 heteroatoms. The largest absolute Gasteiger partial charge is 0.464 e. The maximum atomic E-state index is 12.8. The molecular formula is C25H24N2O4S. The van der Waals surface area contributed by atoms with Gasteiger partial charge in [0.1, 0.15) is 6.54 Å². The van der Waals surface area contributed by atoms with Gasteiger partial charge in [-0.05, 0) is 35.9 Å². The van der Waals surface area contributed by atoms with E-state index in [4.69, 9.17) is 4.74 Å². The zero-order valence-electron chi connectivity index (χ0n) is 17.8. The summed E-state index contributed by atoms with van der Waals surface area (Å²) < 4.78 is 7.23. The zero-order chi connectivity index (χ0) is 22.5. The molecule has 0 N–H and O–H groups in total. The van der Waals surface area contributed by atoms with Crippen LogP contribution in [0.4, 0.5) is 4.79 Å². The summed E-state index contributed by atoms with van der Waals surface area (Å²) in [5, 5.41) is 0.538. The third-order valence-electron chi connectivity index (χ3n) is 5.22. The standard InChI is InChI=1S/C25H24N2O4S/c1-2-3-13-31-23(28)17-27-24(29)22(32-25(27)30)14-19-16-26(15-18-9-5-4-6-10-18)21-12-8-7-11-20(19)21/h4-12,14,16H,2-3,13,15,17H2,1H3/b22-14-. The molecule has 0 saturated carbocycles. The number of imide groups is 1. The topological polar surface area (TPSA) is 68.6 Å². The minimum Gasteiger partial charge on any atom is -0.464 e. The van der Waals surface area contributed by atoms with Crippen molar-refractivity contribution in [2.45, 2.75) is 26.3 Å². The van der Waals surface area contributed by atoms with Crippen LogP contribution in [0.15, 0.2) is 65.7 Å². The number of hydrogen-bond donors (Lipinski definition) is 0. The number of amides is 2. The molecule has 0 radical (unpaired) electrons. The highest BCUT2D eigenvalue weighted by molar-refractivity contribution is 8.18. The number of hydrogen-bond acceptors (Lipinski definition) is 5. The number of aromatic nitrogens is 1. The highest BCUT2D eigenvalue weighted by Gasteiger charge is 2.36. The Labute approximate surface area is 190 Å². The minimum atomic E-state index is -0.568. The van der Waals surface area contributed by atoms with E-state index in [2.05, 4.69) is 16.7 Å². The fraction of sp³-hybridized carbons (Fsp3) is 0.240. The number of unbranched alkanes of at least 4 members (excludes halogenated alkanes) is 1. The van der Waals surface area contributed by atoms with Crippen molar-refractivity contribution in [1.82, 2.24) is 9.47 Å². The fourth-order valence-electron chi connectivity index (χ4n) is 3.58. The molecule has 3 aromatic rings. The Kier molecular flexibility index (Phi) is 6.75. The molecule has 0 bridgehead atoms. The quantitative estimate of drug-likeness (QED) is 0.273. The van der Waals surface area contributed by atoms with Crippen molar-refractivity contribution in [3.63, 3.8) is 0 Å². The lowest BCUT2D eigenvalue weighted by molar-refractivity contribution is -0.146. The van der Waals surface area contributed by atoms with E-state index in [1.54, 1.807) is 6.08 Å². The molecule has 1 saturated heterocycles. The van der Waals surface area contributed by atoms with Crippen LogP contribution in [0.3, 0.4) is 0 Å². The Morgan fingerprint density at radius 2 is 1.81 bits per heavy atom. The average molecular weight is 449 g/mol. The first kappa shape index (κ1) is 21.9. The number of carbonyl (C=O) groups excluding carboxylic acids is 3. The number of nitrogens with zero attached hydrogens (tertiary/aromatic N) is 2. The third-order valence-corrected chi connectivity index (χ3v) is 6.13. The summed E-state index contributed by atoms with van der Waals surface area (Å²) in [5.74, 6) is -1.03. The van der Waals surface area contributed by atoms with E-state index in [-0.39, 0.29) is 6.54 Å². The summed E-state index contributed by atoms with van der Waals surface area (Å²) in [5.41, 5.74) is 3.07. The SMILES string of the molecule is CCCCOC(=O)CN1C(=O)S/C(=C\c2cn(Cc3ccccc3)c3ccccc23)C1=O. The number of benzene rings is 2. The molecule has 1 aliphatic heterocycles. The van der Waals surface area contributed by atoms with Crippen LogP contribution in [0, 0.1) is 0 Å². The van der Waals surface area contributed by atoms with Gasteiger partial charge >= 0.3 is 5.97 Å². The molecule has 1 fully saturated rings. The molecule has 2 aromatic carbocycles. The monoisotopic (exact) mass is 448 g/mol. The Balaban J connectivity index is 1.57. The van der Waals surface area contributed by atoms with Crippen molar-refractivity contribution in [2.75, 3.05) is 13.2 Å². The molecule has 1 aliphatic rings. The number of ether oxygens (including phenoxy) is 1. The second-order valence-corrected chi connectivity index (χ2v) is 8.55. The van der Waals surface area contributed by atoms with E-state index in [0.29, 0.717) is 18.1 Å². The Morgan fingerprint density at radius 1 is 1.06 bits per heavy atom. The van der Waals surface area contributed by atoms with E-state index in [1.165, 1.54) is 5.56 Å². The number of para-hydroxylation sites is 1. The summed E-state index contributed by atoms with van der Waals surface area (Å²) in [4.78, 5) is 38.4. The van der Waals surface area contributed by atoms with Crippen molar-refractivity contribution in [2.24, 2.45) is 0 Å². The molecule has 0 aliphatic carbocycles. The van der Waals surface area contributed by atoms with E-state index in [9.17, 15) is 14.4 Å². The van der Waals surface area contributed by atoms with Gasteiger partial charge in [0.05, 0.1) is 11.5 Å². The van der Waals surface area contributed by atoms with Crippen LogP contribution in [0.2, 0.25) is 0 Å². The molecule has 6 nitrogen and oxygen atoms in total. The van der Waals surface area contributed by atoms with Crippen molar-refractivity contribution >= 4 is 45.9 Å². The van der Waals surface area contributed by atoms with E-state index >= 15 is 0 Å². The highest BCUT2D eigenvalue weighted by Crippen LogP contribution is 2.34. The van der Waals surface area contributed by atoms with Crippen molar-refractivity contribution < 1.29 is 19.1 Å². The summed E-state index contributed by atoms with van der Waals surface area (Å²) in [7, 11) is 0. The maximum absolute atomic E-state index is 12.8. The van der Waals surface area contributed by atoms with Gasteiger partial charge in [-0.2, -0.15) is 0 Å². The maximum Gasteiger partial charge on any atom is 0.326 e. The number of esters is 1. The predicted molar refractivity (Wildman–Crippen MR) is 126 cm³/mol. The molecule has 4 rings (SSSR count). The van der Waals surface area contributed by atoms with Crippen LogP contribution >= 0.6 is 11.8 Å². The van der Waals surface area contributed by atoms with Gasteiger partial charge < -0.3 is 9.30 Å². The average Bonchev–Trinajstić information content (AvgIpc) is 3.27. The van der Waals surface area contributed by atoms with Gasteiger partial charge in [0.15, 0.2) is 0 Å². The molecule has 2 heterocycles. The predicted octanol–water partition coefficient (Wildman–Crippen LogP) is 5.07. The second kappa shape index (κ2) is 9.87. The molecule has 0 unspecified atom stereocenters. The van der Waals surface area contributed by atoms with E-state index in [0.717, 1.165) is 46.0 Å². The third kappa shape index (κ3) is 4.78. The Morgan fingerprint density at radius 3 is 2.59 bits per heavy atom. The molecule has 0 spiro atoms. The highest BCUT2D eigenvalue weighted by atomic mass is 32.2. The smallest absolute Gasteiger partial charge is 0.326 e. The first-order valence-corrected chi connectivity index (χ1v) is 11.4. The summed E-state index contributed by atoms with van der Waals surface area (Å²) >= 11 is 0.850. The number of rotatable bonds is 8. The van der Waals surface area contributed by atoms with Crippen LogP contribution in [0.1, 0.15) is 30.9 Å². The lowest BCUT2D eigenvalue weighted by Gasteiger charge is -2.11. The van der Waals surface area contributed by atoms with Crippen molar-refractivity contribution in [1.29, 1.82) is 0 Å². The first-order chi connectivity index (χ1) is 15.6. The van der Waals surface area contributed by atoms with Gasteiger partial charge in [0.2, 0.25) is 0 Å². The number of fused-ring (bicyclic) bond motifs is 1. The van der Waals surface area contributed by atoms with Gasteiger partial charge in [-0.15, -0.1) is 0 Å². The first-order valence-electron chi connectivity index (χ1n) is 10.6. The molecule has 1 aromatic heterocycles. The minimum absolute atomic E-state index is 0.294. The lowest BCUT2D eigenvalue weighted by Crippen LogP contribution is -2.34. The van der Waals surface area contributed by atoms with Gasteiger partial charge in [-0.25, -0.2) is 0 Å². The van der Waals surface area contributed by atoms with Gasteiger partial charge in [0, 0.05) is 29.2 Å². The second-order valence-electron chi connectivity index (χ2n) is 7.56. The zero-order valence-corrected chi connectivity index (χ0v) is 18.6. The summed E-state index contributed by atoms with van der Waals surface area (Å²) in [6.07, 6.45) is 5.37. The van der Waals surface area contributed by atoms with Crippen LogP contribution in [0.25, 0.3) is 17.0 Å². The van der Waals surface area contributed by atoms with Gasteiger partial charge in [-0.1, -0.05) is 61.9 Å². The number of carbonyl (C=O) groups is 3. The van der Waals surface area contributed by atoms with Crippen molar-refractivity contribution in [3.05, 3.63) is 76.8 Å². The van der Waals surface area contributed by atoms with Crippen LogP contribution in [0.5, 0.6) is 0 Å². The van der Waals surface area contributed by atoms with Gasteiger partial charge in [-0.3, -0.25) is 19.3 Å². The molecule has 164 valence electrons. The van der Waals surface area contributed by atoms with Crippen molar-refractivity contribution in [3.8, 4) is 0 Å². The summed E-state index contributed by atoms with van der Waals surface area (Å²) in [6, 6.07) is 18.1. The van der Waals surface area contributed by atoms with Crippen LogP contribution in [-0.4, -0.2) is 39.7 Å². The Bertz CT molecular complexity index is 1180. The molecule has 0 atom stereocenters. The molecule has 2 amide bonds. The van der Waals surface area contributed by atoms with Gasteiger partial charge in [0.25, 0.3) is 11.1 Å². The van der Waals surface area contributed by atoms with Crippen LogP contribution in [-0.2, 0) is 20.9 Å². The lowest BCUT2D eigenvalue weighted by atomic mass is 10.1. The van der Waals surface area contributed by atoms with E-state index < -0.39 is 17.1 Å². The number of thioether (sulfide) groups is 1. The van der Waals surface area contributed by atoms with Crippen LogP contribution < -0.4 is 0 Å². The fourth-order valence-corrected chi connectivity index (χ4v) is 4.41. The molecule has 32 heavy (non-hydrogen) atoms. The normalized spacial score (nSPS) is 15.2. The Hall–Kier alpha value is -3.32.